The highest BCUT2D eigenvalue weighted by atomic mass is 35.5. The molecule has 0 aromatic heterocycles. The Morgan fingerprint density at radius 2 is 2.15 bits per heavy atom. The fraction of sp³-hybridized carbons (Fsp3) is 0.500. The maximum absolute atomic E-state index is 6.15. The summed E-state index contributed by atoms with van der Waals surface area (Å²) < 4.78 is 10.5. The predicted octanol–water partition coefficient (Wildman–Crippen LogP) is 2.74. The number of thiocarbonyl (C=S) groups is 1. The molecule has 0 aliphatic rings. The molecule has 0 saturated carbocycles. The van der Waals surface area contributed by atoms with Crippen LogP contribution in [0.2, 0.25) is 5.02 Å². The fourth-order valence-corrected chi connectivity index (χ4v) is 2.06. The van der Waals surface area contributed by atoms with E-state index >= 15 is 0 Å². The monoisotopic (exact) mass is 316 g/mol. The van der Waals surface area contributed by atoms with Gasteiger partial charge in [0.2, 0.25) is 0 Å². The molecule has 0 radical (unpaired) electrons. The molecule has 0 saturated heterocycles. The molecule has 0 fully saturated rings. The molecule has 1 rings (SSSR count). The Bertz CT molecular complexity index is 430. The van der Waals surface area contributed by atoms with Crippen molar-refractivity contribution in [2.75, 3.05) is 26.9 Å². The molecule has 0 aliphatic carbocycles. The van der Waals surface area contributed by atoms with Gasteiger partial charge in [0.15, 0.2) is 5.11 Å². The van der Waals surface area contributed by atoms with Gasteiger partial charge in [-0.2, -0.15) is 0 Å². The lowest BCUT2D eigenvalue weighted by Gasteiger charge is -2.13. The minimum absolute atomic E-state index is 0.528. The van der Waals surface area contributed by atoms with E-state index in [-0.39, 0.29) is 0 Å². The van der Waals surface area contributed by atoms with Crippen LogP contribution in [0.4, 0.5) is 0 Å². The van der Waals surface area contributed by atoms with Gasteiger partial charge in [0, 0.05) is 36.9 Å². The molecule has 4 nitrogen and oxygen atoms in total. The molecule has 1 aromatic carbocycles. The van der Waals surface area contributed by atoms with Crippen molar-refractivity contribution in [3.05, 3.63) is 28.8 Å². The van der Waals surface area contributed by atoms with E-state index in [0.29, 0.717) is 16.7 Å². The number of rotatable bonds is 8. The Morgan fingerprint density at radius 1 is 1.35 bits per heavy atom. The van der Waals surface area contributed by atoms with E-state index in [2.05, 4.69) is 10.6 Å². The number of hydrogen-bond acceptors (Lipinski definition) is 3. The summed E-state index contributed by atoms with van der Waals surface area (Å²) in [6.07, 6.45) is 0.922. The topological polar surface area (TPSA) is 42.5 Å². The average molecular weight is 317 g/mol. The molecule has 0 atom stereocenters. The summed E-state index contributed by atoms with van der Waals surface area (Å²) in [7, 11) is 1.62. The zero-order valence-corrected chi connectivity index (χ0v) is 13.4. The van der Waals surface area contributed by atoms with Crippen LogP contribution in [0.25, 0.3) is 0 Å². The largest absolute Gasteiger partial charge is 0.496 e. The number of hydrogen-bond donors (Lipinski definition) is 2. The van der Waals surface area contributed by atoms with E-state index in [1.165, 1.54) is 0 Å². The van der Waals surface area contributed by atoms with Gasteiger partial charge in [-0.05, 0) is 37.7 Å². The molecular weight excluding hydrogens is 296 g/mol. The van der Waals surface area contributed by atoms with Crippen LogP contribution >= 0.6 is 23.8 Å². The van der Waals surface area contributed by atoms with E-state index in [4.69, 9.17) is 33.3 Å². The Balaban J connectivity index is 2.34. The number of ether oxygens (including phenoxy) is 2. The minimum atomic E-state index is 0.528. The molecule has 0 amide bonds. The number of halogens is 1. The van der Waals surface area contributed by atoms with E-state index in [0.717, 1.165) is 37.5 Å². The van der Waals surface area contributed by atoms with Gasteiger partial charge in [0.1, 0.15) is 5.75 Å². The lowest BCUT2D eigenvalue weighted by Crippen LogP contribution is -2.35. The van der Waals surface area contributed by atoms with Crippen LogP contribution in [-0.2, 0) is 11.3 Å². The summed E-state index contributed by atoms with van der Waals surface area (Å²) in [5.41, 5.74) is 0.898. The van der Waals surface area contributed by atoms with Crippen molar-refractivity contribution in [3.8, 4) is 5.75 Å². The van der Waals surface area contributed by atoms with Crippen molar-refractivity contribution >= 4 is 28.9 Å². The second-order valence-electron chi connectivity index (χ2n) is 4.08. The summed E-state index contributed by atoms with van der Waals surface area (Å²) in [6.45, 7) is 4.78. The zero-order valence-electron chi connectivity index (χ0n) is 11.9. The molecule has 20 heavy (non-hydrogen) atoms. The highest BCUT2D eigenvalue weighted by Crippen LogP contribution is 2.25. The summed E-state index contributed by atoms with van der Waals surface area (Å²) >= 11 is 11.4. The van der Waals surface area contributed by atoms with Gasteiger partial charge in [-0.25, -0.2) is 0 Å². The summed E-state index contributed by atoms with van der Waals surface area (Å²) in [5, 5.41) is 7.51. The van der Waals surface area contributed by atoms with Crippen LogP contribution in [0.5, 0.6) is 5.75 Å². The molecule has 0 heterocycles. The quantitative estimate of drug-likeness (QED) is 0.570. The molecule has 1 aromatic rings. The Hall–Kier alpha value is -1.04. The first-order chi connectivity index (χ1) is 9.69. The Kier molecular flexibility index (Phi) is 8.34. The van der Waals surface area contributed by atoms with Crippen molar-refractivity contribution in [1.29, 1.82) is 0 Å². The van der Waals surface area contributed by atoms with Crippen LogP contribution in [0, 0.1) is 0 Å². The third kappa shape index (κ3) is 5.94. The fourth-order valence-electron chi connectivity index (χ4n) is 1.65. The normalized spacial score (nSPS) is 10.2. The van der Waals surface area contributed by atoms with E-state index in [1.807, 2.05) is 25.1 Å². The maximum Gasteiger partial charge on any atom is 0.166 e. The van der Waals surface area contributed by atoms with Gasteiger partial charge in [-0.15, -0.1) is 0 Å². The first kappa shape index (κ1) is 17.0. The summed E-state index contributed by atoms with van der Waals surface area (Å²) in [6, 6.07) is 5.57. The van der Waals surface area contributed by atoms with Crippen LogP contribution in [0.15, 0.2) is 18.2 Å². The van der Waals surface area contributed by atoms with E-state index in [1.54, 1.807) is 7.11 Å². The second-order valence-corrected chi connectivity index (χ2v) is 4.90. The first-order valence-electron chi connectivity index (χ1n) is 6.59. The Labute approximate surface area is 130 Å². The van der Waals surface area contributed by atoms with Gasteiger partial charge in [0.05, 0.1) is 7.11 Å². The minimum Gasteiger partial charge on any atom is -0.496 e. The lowest BCUT2D eigenvalue weighted by atomic mass is 10.2. The molecule has 2 N–H and O–H groups in total. The van der Waals surface area contributed by atoms with E-state index in [9.17, 15) is 0 Å². The highest BCUT2D eigenvalue weighted by molar-refractivity contribution is 7.80. The van der Waals surface area contributed by atoms with E-state index < -0.39 is 0 Å². The van der Waals surface area contributed by atoms with Crippen molar-refractivity contribution in [1.82, 2.24) is 10.6 Å². The maximum atomic E-state index is 6.15. The van der Waals surface area contributed by atoms with Crippen LogP contribution in [0.3, 0.4) is 0 Å². The molecular formula is C14H21ClN2O2S. The SMILES string of the molecule is CCOCCCNC(=S)NCc1c(Cl)cccc1OC. The van der Waals surface area contributed by atoms with Gasteiger partial charge in [-0.3, -0.25) is 0 Å². The van der Waals surface area contributed by atoms with Gasteiger partial charge >= 0.3 is 0 Å². The van der Waals surface area contributed by atoms with Crippen LogP contribution in [-0.4, -0.2) is 32.0 Å². The van der Waals surface area contributed by atoms with Crippen LogP contribution < -0.4 is 15.4 Å². The molecule has 0 unspecified atom stereocenters. The Morgan fingerprint density at radius 3 is 2.85 bits per heavy atom. The third-order valence-corrected chi connectivity index (χ3v) is 3.32. The average Bonchev–Trinajstić information content (AvgIpc) is 2.45. The van der Waals surface area contributed by atoms with Gasteiger partial charge in [0.25, 0.3) is 0 Å². The van der Waals surface area contributed by atoms with Crippen molar-refractivity contribution < 1.29 is 9.47 Å². The third-order valence-electron chi connectivity index (χ3n) is 2.68. The number of benzene rings is 1. The standard InChI is InChI=1S/C14H21ClN2O2S/c1-3-19-9-5-8-16-14(20)17-10-11-12(15)6-4-7-13(11)18-2/h4,6-7H,3,5,8-10H2,1-2H3,(H2,16,17,20). The van der Waals surface area contributed by atoms with Crippen molar-refractivity contribution in [2.24, 2.45) is 0 Å². The van der Waals surface area contributed by atoms with Gasteiger partial charge < -0.3 is 20.1 Å². The highest BCUT2D eigenvalue weighted by Gasteiger charge is 2.07. The molecule has 6 heteroatoms. The molecule has 0 aliphatic heterocycles. The lowest BCUT2D eigenvalue weighted by molar-refractivity contribution is 0.145. The summed E-state index contributed by atoms with van der Waals surface area (Å²) in [5.74, 6) is 0.754. The first-order valence-corrected chi connectivity index (χ1v) is 7.38. The van der Waals surface area contributed by atoms with Crippen LogP contribution in [0.1, 0.15) is 18.9 Å². The smallest absolute Gasteiger partial charge is 0.166 e. The van der Waals surface area contributed by atoms with Gasteiger partial charge in [-0.1, -0.05) is 17.7 Å². The predicted molar refractivity (Wildman–Crippen MR) is 86.6 cm³/mol. The van der Waals surface area contributed by atoms with Crippen molar-refractivity contribution in [3.63, 3.8) is 0 Å². The molecule has 0 spiro atoms. The van der Waals surface area contributed by atoms with Crippen molar-refractivity contribution in [2.45, 2.75) is 19.9 Å². The molecule has 0 bridgehead atoms. The number of methoxy groups -OCH3 is 1. The summed E-state index contributed by atoms with van der Waals surface area (Å²) in [4.78, 5) is 0. The zero-order chi connectivity index (χ0) is 14.8. The second kappa shape index (κ2) is 9.80. The molecule has 112 valence electrons. The number of nitrogens with one attached hydrogen (secondary N) is 2.